The van der Waals surface area contributed by atoms with Crippen LogP contribution in [-0.4, -0.2) is 30.5 Å². The largest absolute Gasteiger partial charge is 0.319 e. The fourth-order valence-corrected chi connectivity index (χ4v) is 2.94. The number of nitrogens with one attached hydrogen (secondary N) is 1. The molecule has 2 aromatic heterocycles. The molecule has 0 fully saturated rings. The van der Waals surface area contributed by atoms with Crippen LogP contribution in [-0.2, 0) is 19.5 Å². The van der Waals surface area contributed by atoms with Crippen molar-refractivity contribution in [3.8, 4) is 0 Å². The zero-order valence-electron chi connectivity index (χ0n) is 13.2. The molecule has 1 N–H and O–H groups in total. The highest BCUT2D eigenvalue weighted by Gasteiger charge is 2.16. The van der Waals surface area contributed by atoms with E-state index in [9.17, 15) is 4.79 Å². The third-order valence-electron chi connectivity index (χ3n) is 4.17. The van der Waals surface area contributed by atoms with Crippen LogP contribution < -0.4 is 5.32 Å². The van der Waals surface area contributed by atoms with Crippen molar-refractivity contribution in [2.75, 3.05) is 5.32 Å². The summed E-state index contributed by atoms with van der Waals surface area (Å²) in [5.74, 6) is 1.82. The van der Waals surface area contributed by atoms with Crippen molar-refractivity contribution >= 4 is 11.6 Å². The van der Waals surface area contributed by atoms with Gasteiger partial charge in [0.25, 0.3) is 5.91 Å². The number of amides is 1. The second-order valence-corrected chi connectivity index (χ2v) is 5.89. The van der Waals surface area contributed by atoms with Crippen LogP contribution in [0.4, 0.5) is 5.69 Å². The molecule has 7 heteroatoms. The maximum Gasteiger partial charge on any atom is 0.255 e. The summed E-state index contributed by atoms with van der Waals surface area (Å²) in [7, 11) is 0. The molecule has 3 heterocycles. The molecule has 4 rings (SSSR count). The maximum absolute atomic E-state index is 12.2. The lowest BCUT2D eigenvalue weighted by Crippen LogP contribution is -2.15. The van der Waals surface area contributed by atoms with Crippen LogP contribution in [0.5, 0.6) is 0 Å². The highest BCUT2D eigenvalue weighted by molar-refractivity contribution is 6.04. The molecule has 1 aliphatic heterocycles. The summed E-state index contributed by atoms with van der Waals surface area (Å²) in [6.45, 7) is 1.52. The van der Waals surface area contributed by atoms with Gasteiger partial charge in [-0.1, -0.05) is 18.2 Å². The average Bonchev–Trinajstić information content (AvgIpc) is 3.23. The van der Waals surface area contributed by atoms with E-state index in [0.717, 1.165) is 31.0 Å². The number of benzene rings is 1. The number of carbonyl (C=O) groups is 1. The molecule has 0 spiro atoms. The first kappa shape index (κ1) is 14.6. The van der Waals surface area contributed by atoms with Gasteiger partial charge < -0.3 is 9.88 Å². The van der Waals surface area contributed by atoms with Crippen LogP contribution in [0.3, 0.4) is 0 Å². The molecule has 0 aliphatic carbocycles. The van der Waals surface area contributed by atoms with E-state index in [1.165, 1.54) is 6.42 Å². The maximum atomic E-state index is 12.2. The second-order valence-electron chi connectivity index (χ2n) is 5.89. The number of aryl methyl sites for hydroxylation is 1. The molecule has 0 bridgehead atoms. The highest BCUT2D eigenvalue weighted by atomic mass is 16.1. The summed E-state index contributed by atoms with van der Waals surface area (Å²) in [5, 5.41) is 15.7. The van der Waals surface area contributed by atoms with Gasteiger partial charge in [0.1, 0.15) is 12.4 Å². The smallest absolute Gasteiger partial charge is 0.255 e. The number of hydrogen-bond acceptors (Lipinski definition) is 4. The summed E-state index contributed by atoms with van der Waals surface area (Å²) in [4.78, 5) is 12.2. The highest BCUT2D eigenvalue weighted by Crippen LogP contribution is 2.15. The minimum atomic E-state index is -0.144. The number of hydrogen-bond donors (Lipinski definition) is 1. The van der Waals surface area contributed by atoms with E-state index in [2.05, 4.69) is 25.2 Å². The fraction of sp³-hybridized carbons (Fsp3) is 0.294. The van der Waals surface area contributed by atoms with Crippen molar-refractivity contribution in [1.82, 2.24) is 24.5 Å². The van der Waals surface area contributed by atoms with Gasteiger partial charge >= 0.3 is 0 Å². The molecule has 24 heavy (non-hydrogen) atoms. The number of aromatic nitrogens is 5. The lowest BCUT2D eigenvalue weighted by Gasteiger charge is -2.14. The summed E-state index contributed by atoms with van der Waals surface area (Å²) in [5.41, 5.74) is 1.29. The van der Waals surface area contributed by atoms with Crippen LogP contribution in [0.15, 0.2) is 42.7 Å². The van der Waals surface area contributed by atoms with Crippen LogP contribution >= 0.6 is 0 Å². The van der Waals surface area contributed by atoms with E-state index in [4.69, 9.17) is 0 Å². The standard InChI is InChI=1S/C17H18N6O/c24-17(13-6-2-1-3-7-13)19-14-10-18-22(11-14)12-16-21-20-15-8-4-5-9-23(15)16/h1-3,6-7,10-11H,4-5,8-9,12H2,(H,19,24). The second kappa shape index (κ2) is 6.27. The lowest BCUT2D eigenvalue weighted by molar-refractivity contribution is 0.102. The Labute approximate surface area is 139 Å². The summed E-state index contributed by atoms with van der Waals surface area (Å²) >= 11 is 0. The monoisotopic (exact) mass is 322 g/mol. The van der Waals surface area contributed by atoms with Crippen molar-refractivity contribution in [3.63, 3.8) is 0 Å². The molecule has 0 atom stereocenters. The first-order chi connectivity index (χ1) is 11.8. The van der Waals surface area contributed by atoms with Crippen LogP contribution in [0.2, 0.25) is 0 Å². The van der Waals surface area contributed by atoms with Gasteiger partial charge in [-0.15, -0.1) is 10.2 Å². The molecule has 0 saturated carbocycles. The van der Waals surface area contributed by atoms with Crippen molar-refractivity contribution in [1.29, 1.82) is 0 Å². The molecular formula is C17H18N6O. The zero-order chi connectivity index (χ0) is 16.4. The molecule has 0 radical (unpaired) electrons. The molecule has 0 saturated heterocycles. The Morgan fingerprint density at radius 1 is 1.17 bits per heavy atom. The first-order valence-corrected chi connectivity index (χ1v) is 8.09. The van der Waals surface area contributed by atoms with E-state index in [-0.39, 0.29) is 5.91 Å². The fourth-order valence-electron chi connectivity index (χ4n) is 2.94. The Kier molecular flexibility index (Phi) is 3.82. The van der Waals surface area contributed by atoms with Crippen LogP contribution in [0, 0.1) is 0 Å². The van der Waals surface area contributed by atoms with Gasteiger partial charge in [-0.2, -0.15) is 5.10 Å². The number of nitrogens with zero attached hydrogens (tertiary/aromatic N) is 5. The minimum absolute atomic E-state index is 0.144. The van der Waals surface area contributed by atoms with E-state index < -0.39 is 0 Å². The molecule has 0 unspecified atom stereocenters. The van der Waals surface area contributed by atoms with Gasteiger partial charge in [0.2, 0.25) is 0 Å². The predicted molar refractivity (Wildman–Crippen MR) is 88.7 cm³/mol. The van der Waals surface area contributed by atoms with Gasteiger partial charge in [0, 0.05) is 24.7 Å². The van der Waals surface area contributed by atoms with Gasteiger partial charge in [-0.3, -0.25) is 9.48 Å². The Morgan fingerprint density at radius 2 is 2.04 bits per heavy atom. The summed E-state index contributed by atoms with van der Waals surface area (Å²) in [6, 6.07) is 9.12. The Bertz CT molecular complexity index is 851. The van der Waals surface area contributed by atoms with Crippen LogP contribution in [0.25, 0.3) is 0 Å². The average molecular weight is 322 g/mol. The van der Waals surface area contributed by atoms with Crippen LogP contribution in [0.1, 0.15) is 34.8 Å². The molecule has 1 aliphatic rings. The third-order valence-corrected chi connectivity index (χ3v) is 4.17. The topological polar surface area (TPSA) is 77.6 Å². The van der Waals surface area contributed by atoms with E-state index in [1.807, 2.05) is 24.4 Å². The predicted octanol–water partition coefficient (Wildman–Crippen LogP) is 2.11. The van der Waals surface area contributed by atoms with Gasteiger partial charge in [-0.05, 0) is 25.0 Å². The van der Waals surface area contributed by atoms with Gasteiger partial charge in [0.15, 0.2) is 5.82 Å². The summed E-state index contributed by atoms with van der Waals surface area (Å²) in [6.07, 6.45) is 6.79. The Hall–Kier alpha value is -2.96. The molecule has 1 amide bonds. The minimum Gasteiger partial charge on any atom is -0.319 e. The first-order valence-electron chi connectivity index (χ1n) is 8.09. The quantitative estimate of drug-likeness (QED) is 0.798. The van der Waals surface area contributed by atoms with Crippen molar-refractivity contribution in [3.05, 3.63) is 59.9 Å². The van der Waals surface area contributed by atoms with E-state index >= 15 is 0 Å². The molecule has 3 aromatic rings. The van der Waals surface area contributed by atoms with Crippen molar-refractivity contribution in [2.45, 2.75) is 32.4 Å². The lowest BCUT2D eigenvalue weighted by atomic mass is 10.2. The van der Waals surface area contributed by atoms with Gasteiger partial charge in [-0.25, -0.2) is 0 Å². The van der Waals surface area contributed by atoms with Gasteiger partial charge in [0.05, 0.1) is 11.9 Å². The molecule has 122 valence electrons. The number of fused-ring (bicyclic) bond motifs is 1. The number of carbonyl (C=O) groups excluding carboxylic acids is 1. The Morgan fingerprint density at radius 3 is 2.92 bits per heavy atom. The number of anilines is 1. The van der Waals surface area contributed by atoms with E-state index in [1.54, 1.807) is 23.0 Å². The van der Waals surface area contributed by atoms with E-state index in [0.29, 0.717) is 17.8 Å². The SMILES string of the molecule is O=C(Nc1cnn(Cc2nnc3n2CCCC3)c1)c1ccccc1. The normalized spacial score (nSPS) is 13.5. The molecule has 7 nitrogen and oxygen atoms in total. The van der Waals surface area contributed by atoms with Crippen molar-refractivity contribution < 1.29 is 4.79 Å². The Balaban J connectivity index is 1.45. The molecular weight excluding hydrogens is 304 g/mol. The van der Waals surface area contributed by atoms with Crippen molar-refractivity contribution in [2.24, 2.45) is 0 Å². The zero-order valence-corrected chi connectivity index (χ0v) is 13.2. The third kappa shape index (κ3) is 2.92. The summed E-state index contributed by atoms with van der Waals surface area (Å²) < 4.78 is 3.94. The molecule has 1 aromatic carbocycles. The number of rotatable bonds is 4.